The standard InChI is InChI=1S/C10H15.C6H15ClNP.3CO.Mo/c1-6-7(2)9(4)10(5)8(6)3;1-5(2)8(9-7)6(3)4;3*1-2;/h1-5H3;5-6,9H,1-4H3;;;;. The zero-order valence-electron chi connectivity index (χ0n) is 17.1. The van der Waals surface area contributed by atoms with Gasteiger partial charge in [-0.15, -0.1) is 0 Å². The first-order valence-corrected chi connectivity index (χ1v) is 9.56. The topological polar surface area (TPSA) is 62.9 Å². The number of rotatable bonds is 3. The summed E-state index contributed by atoms with van der Waals surface area (Å²) in [7, 11) is 0.415. The van der Waals surface area contributed by atoms with Crippen molar-refractivity contribution in [2.45, 2.75) is 74.4 Å². The van der Waals surface area contributed by atoms with E-state index in [1.807, 2.05) is 0 Å². The fourth-order valence-corrected chi connectivity index (χ4v) is 3.76. The van der Waals surface area contributed by atoms with Crippen molar-refractivity contribution < 1.29 is 35.0 Å². The summed E-state index contributed by atoms with van der Waals surface area (Å²) in [5, 5.41) is 0. The van der Waals surface area contributed by atoms with Crippen LogP contribution in [0.25, 0.3) is 0 Å². The maximum atomic E-state index is 7.50. The molecule has 147 valence electrons. The molecule has 1 radical (unpaired) electrons. The van der Waals surface area contributed by atoms with Crippen molar-refractivity contribution in [2.24, 2.45) is 0 Å². The Kier molecular flexibility index (Phi) is 32.8. The Morgan fingerprint density at radius 3 is 0.962 bits per heavy atom. The van der Waals surface area contributed by atoms with E-state index in [0.717, 1.165) is 0 Å². The molecular weight excluding hydrogens is 453 g/mol. The normalized spacial score (nSPS) is 13.0. The Morgan fingerprint density at radius 1 is 0.692 bits per heavy atom. The van der Waals surface area contributed by atoms with Gasteiger partial charge < -0.3 is 0 Å². The maximum absolute atomic E-state index is 7.50. The van der Waals surface area contributed by atoms with E-state index in [4.69, 9.17) is 25.2 Å². The van der Waals surface area contributed by atoms with Crippen molar-refractivity contribution in [3.8, 4) is 0 Å². The third-order valence-electron chi connectivity index (χ3n) is 4.02. The monoisotopic (exact) mass is 484 g/mol. The Morgan fingerprint density at radius 2 is 0.923 bits per heavy atom. The van der Waals surface area contributed by atoms with Crippen LogP contribution in [-0.2, 0) is 35.0 Å². The quantitative estimate of drug-likeness (QED) is 0.210. The maximum Gasteiger partial charge on any atom is 0 e. The van der Waals surface area contributed by atoms with E-state index in [9.17, 15) is 0 Å². The molecule has 4 nitrogen and oxygen atoms in total. The molecule has 0 heterocycles. The van der Waals surface area contributed by atoms with E-state index >= 15 is 0 Å². The second-order valence-electron chi connectivity index (χ2n) is 5.80. The summed E-state index contributed by atoms with van der Waals surface area (Å²) < 4.78 is 24.8. The number of allylic oxidation sites excluding steroid dienone is 4. The van der Waals surface area contributed by atoms with Crippen molar-refractivity contribution in [3.63, 3.8) is 0 Å². The van der Waals surface area contributed by atoms with Crippen molar-refractivity contribution in [1.29, 1.82) is 0 Å². The van der Waals surface area contributed by atoms with Crippen LogP contribution in [-0.4, -0.2) is 16.8 Å². The third-order valence-corrected chi connectivity index (χ3v) is 5.84. The van der Waals surface area contributed by atoms with Gasteiger partial charge in [0, 0.05) is 47.2 Å². The molecule has 1 rings (SSSR count). The predicted octanol–water partition coefficient (Wildman–Crippen LogP) is 6.00. The number of nitrogens with zero attached hydrogens (tertiary/aromatic N) is 1. The summed E-state index contributed by atoms with van der Waals surface area (Å²) in [4.78, 5) is 0. The van der Waals surface area contributed by atoms with Gasteiger partial charge >= 0.3 is 33.9 Å². The Hall–Kier alpha value is 0.0683. The largest absolute Gasteiger partial charge is 0 e. The Labute approximate surface area is 181 Å². The van der Waals surface area contributed by atoms with Crippen molar-refractivity contribution >= 4 is 19.3 Å². The fourth-order valence-electron chi connectivity index (χ4n) is 2.20. The molecule has 0 fully saturated rings. The van der Waals surface area contributed by atoms with Crippen LogP contribution in [0.4, 0.5) is 0 Å². The molecule has 0 aliphatic heterocycles. The first kappa shape index (κ1) is 36.9. The van der Waals surface area contributed by atoms with Gasteiger partial charge in [-0.3, -0.25) is 4.67 Å². The van der Waals surface area contributed by atoms with Gasteiger partial charge in [0.25, 0.3) is 0 Å². The van der Waals surface area contributed by atoms with E-state index in [-0.39, 0.29) is 21.1 Å². The molecule has 0 aromatic rings. The van der Waals surface area contributed by atoms with Crippen LogP contribution in [0.15, 0.2) is 22.3 Å². The summed E-state index contributed by atoms with van der Waals surface area (Å²) in [5.74, 6) is 1.47. The number of halogens is 1. The molecule has 1 aliphatic rings. The minimum absolute atomic E-state index is 0. The summed E-state index contributed by atoms with van der Waals surface area (Å²) >= 11 is 5.71. The second-order valence-corrected chi connectivity index (χ2v) is 7.00. The van der Waals surface area contributed by atoms with Gasteiger partial charge in [-0.05, 0) is 66.5 Å². The van der Waals surface area contributed by atoms with Crippen LogP contribution < -0.4 is 0 Å². The first-order valence-electron chi connectivity index (χ1n) is 7.60. The molecule has 0 saturated carbocycles. The van der Waals surface area contributed by atoms with Crippen LogP contribution in [0.1, 0.15) is 62.3 Å². The van der Waals surface area contributed by atoms with Crippen molar-refractivity contribution in [1.82, 2.24) is 4.67 Å². The predicted molar refractivity (Wildman–Crippen MR) is 104 cm³/mol. The second kappa shape index (κ2) is 23.1. The molecule has 1 atom stereocenters. The molecule has 1 aliphatic carbocycles. The zero-order chi connectivity index (χ0) is 21.3. The van der Waals surface area contributed by atoms with E-state index in [0.29, 0.717) is 20.2 Å². The van der Waals surface area contributed by atoms with E-state index < -0.39 is 0 Å². The minimum atomic E-state index is 0. The summed E-state index contributed by atoms with van der Waals surface area (Å²) in [6.45, 7) is 33.1. The molecule has 0 bridgehead atoms. The van der Waals surface area contributed by atoms with Gasteiger partial charge in [0.15, 0.2) is 0 Å². The molecule has 26 heavy (non-hydrogen) atoms. The SMILES string of the molecule is CC(C)N(PCl)C(C)C.C[C]1C(C)=C(C)C(C)=C1C.[C-]#[O+].[C-]#[O+].[C-]#[O+].[Mo]. The molecule has 1 unspecified atom stereocenters. The first-order chi connectivity index (χ1) is 11.6. The van der Waals surface area contributed by atoms with Gasteiger partial charge in [0.1, 0.15) is 0 Å². The van der Waals surface area contributed by atoms with E-state index in [1.165, 1.54) is 28.2 Å². The van der Waals surface area contributed by atoms with Gasteiger partial charge in [0.05, 0.1) is 0 Å². The molecule has 0 aromatic carbocycles. The molecule has 0 spiro atoms. The van der Waals surface area contributed by atoms with Gasteiger partial charge in [-0.1, -0.05) is 29.3 Å². The van der Waals surface area contributed by atoms with Crippen LogP contribution in [0.5, 0.6) is 0 Å². The zero-order valence-corrected chi connectivity index (χ0v) is 20.9. The number of hydrogen-bond acceptors (Lipinski definition) is 1. The van der Waals surface area contributed by atoms with Gasteiger partial charge in [-0.25, -0.2) is 0 Å². The molecule has 0 amide bonds. The van der Waals surface area contributed by atoms with Gasteiger partial charge in [-0.2, -0.15) is 0 Å². The smallest absolute Gasteiger partial charge is 0 e. The molecule has 0 saturated heterocycles. The molecular formula is C19H30ClMoNO3P. The third kappa shape index (κ3) is 14.2. The van der Waals surface area contributed by atoms with E-state index in [1.54, 1.807) is 0 Å². The molecule has 0 aromatic heterocycles. The summed E-state index contributed by atoms with van der Waals surface area (Å²) in [6, 6.07) is 1.14. The fraction of sp³-hybridized carbons (Fsp3) is 0.579. The van der Waals surface area contributed by atoms with Crippen LogP contribution in [0.3, 0.4) is 0 Å². The molecule has 0 N–H and O–H groups in total. The summed E-state index contributed by atoms with van der Waals surface area (Å²) in [6.07, 6.45) is 0. The van der Waals surface area contributed by atoms with Gasteiger partial charge in [0.2, 0.25) is 0 Å². The van der Waals surface area contributed by atoms with E-state index in [2.05, 4.69) is 86.9 Å². The Bertz CT molecular complexity index is 437. The van der Waals surface area contributed by atoms with Crippen molar-refractivity contribution in [2.75, 3.05) is 0 Å². The minimum Gasteiger partial charge on any atom is 0 e. The molecule has 7 heteroatoms. The average Bonchev–Trinajstić information content (AvgIpc) is 2.78. The van der Waals surface area contributed by atoms with Crippen LogP contribution >= 0.6 is 19.3 Å². The number of hydrogen-bond donors (Lipinski definition) is 0. The average molecular weight is 483 g/mol. The Balaban J connectivity index is -0.0000000854. The van der Waals surface area contributed by atoms with Crippen LogP contribution in [0, 0.1) is 25.9 Å². The summed E-state index contributed by atoms with van der Waals surface area (Å²) in [5.41, 5.74) is 5.87. The van der Waals surface area contributed by atoms with Crippen molar-refractivity contribution in [3.05, 3.63) is 48.2 Å². The van der Waals surface area contributed by atoms with Crippen LogP contribution in [0.2, 0.25) is 0 Å².